The summed E-state index contributed by atoms with van der Waals surface area (Å²) < 4.78 is 9.38. The largest absolute Gasteiger partial charge is 0.494 e. The van der Waals surface area contributed by atoms with E-state index in [0.29, 0.717) is 0 Å². The van der Waals surface area contributed by atoms with Crippen LogP contribution in [0.25, 0.3) is 0 Å². The zero-order chi connectivity index (χ0) is 12.8. The summed E-state index contributed by atoms with van der Waals surface area (Å²) in [5.41, 5.74) is 4.61. The molecule has 0 amide bonds. The molecule has 2 aromatic rings. The molecule has 0 radical (unpaired) electrons. The van der Waals surface area contributed by atoms with Crippen molar-refractivity contribution in [2.75, 3.05) is 6.61 Å². The molecule has 1 aromatic carbocycles. The standard InChI is InChI=1S/C12H16N4OS/c1-2-7-17-10-5-3-9(4-6-10)12(14-13)11-8-18-16-15-11/h3-6,8,12,14H,2,7,13H2,1H3. The van der Waals surface area contributed by atoms with Crippen LogP contribution in [0.4, 0.5) is 0 Å². The van der Waals surface area contributed by atoms with Crippen molar-refractivity contribution in [3.05, 3.63) is 40.9 Å². The molecule has 18 heavy (non-hydrogen) atoms. The third kappa shape index (κ3) is 3.04. The maximum Gasteiger partial charge on any atom is 0.119 e. The van der Waals surface area contributed by atoms with E-state index >= 15 is 0 Å². The molecule has 1 heterocycles. The Labute approximate surface area is 110 Å². The van der Waals surface area contributed by atoms with Gasteiger partial charge in [0.05, 0.1) is 18.3 Å². The zero-order valence-electron chi connectivity index (χ0n) is 10.2. The number of nitrogens with two attached hydrogens (primary N) is 1. The number of aromatic nitrogens is 2. The number of hydrazine groups is 1. The Kier molecular flexibility index (Phi) is 4.63. The molecule has 0 aliphatic heterocycles. The quantitative estimate of drug-likeness (QED) is 0.615. The number of nitrogens with one attached hydrogen (secondary N) is 1. The van der Waals surface area contributed by atoms with Crippen LogP contribution in [0.2, 0.25) is 0 Å². The lowest BCUT2D eigenvalue weighted by Crippen LogP contribution is -2.29. The first kappa shape index (κ1) is 12.9. The lowest BCUT2D eigenvalue weighted by atomic mass is 10.1. The Bertz CT molecular complexity index is 457. The van der Waals surface area contributed by atoms with E-state index in [0.717, 1.165) is 30.0 Å². The summed E-state index contributed by atoms with van der Waals surface area (Å²) in [5.74, 6) is 6.44. The van der Waals surface area contributed by atoms with Crippen molar-refractivity contribution < 1.29 is 4.74 Å². The van der Waals surface area contributed by atoms with Gasteiger partial charge in [0.1, 0.15) is 5.75 Å². The SMILES string of the molecule is CCCOc1ccc(C(NN)c2csnn2)cc1. The maximum atomic E-state index is 5.57. The van der Waals surface area contributed by atoms with Crippen LogP contribution in [0, 0.1) is 0 Å². The van der Waals surface area contributed by atoms with Gasteiger partial charge in [0.15, 0.2) is 0 Å². The van der Waals surface area contributed by atoms with E-state index < -0.39 is 0 Å². The van der Waals surface area contributed by atoms with Crippen molar-refractivity contribution in [2.45, 2.75) is 19.4 Å². The Morgan fingerprint density at radius 2 is 2.17 bits per heavy atom. The Morgan fingerprint density at radius 3 is 2.72 bits per heavy atom. The van der Waals surface area contributed by atoms with Gasteiger partial charge in [0.25, 0.3) is 0 Å². The molecular formula is C12H16N4OS. The molecule has 96 valence electrons. The van der Waals surface area contributed by atoms with Gasteiger partial charge in [0.2, 0.25) is 0 Å². The lowest BCUT2D eigenvalue weighted by molar-refractivity contribution is 0.317. The average Bonchev–Trinajstić information content (AvgIpc) is 2.93. The maximum absolute atomic E-state index is 5.57. The van der Waals surface area contributed by atoms with Gasteiger partial charge < -0.3 is 4.74 Å². The number of nitrogens with zero attached hydrogens (tertiary/aromatic N) is 2. The number of rotatable bonds is 6. The third-order valence-corrected chi connectivity index (χ3v) is 3.05. The summed E-state index contributed by atoms with van der Waals surface area (Å²) in [4.78, 5) is 0. The molecular weight excluding hydrogens is 248 g/mol. The van der Waals surface area contributed by atoms with Crippen molar-refractivity contribution in [3.8, 4) is 5.75 Å². The smallest absolute Gasteiger partial charge is 0.119 e. The van der Waals surface area contributed by atoms with Crippen LogP contribution in [0.3, 0.4) is 0 Å². The predicted molar refractivity (Wildman–Crippen MR) is 71.3 cm³/mol. The number of benzene rings is 1. The first-order valence-electron chi connectivity index (χ1n) is 5.81. The minimum absolute atomic E-state index is 0.135. The predicted octanol–water partition coefficient (Wildman–Crippen LogP) is 1.88. The molecule has 2 rings (SSSR count). The van der Waals surface area contributed by atoms with Gasteiger partial charge in [0, 0.05) is 5.38 Å². The Morgan fingerprint density at radius 1 is 1.39 bits per heavy atom. The molecule has 0 aliphatic rings. The van der Waals surface area contributed by atoms with Gasteiger partial charge in [-0.05, 0) is 35.6 Å². The first-order chi connectivity index (χ1) is 8.85. The van der Waals surface area contributed by atoms with Crippen molar-refractivity contribution in [2.24, 2.45) is 5.84 Å². The summed E-state index contributed by atoms with van der Waals surface area (Å²) >= 11 is 1.31. The molecule has 0 aliphatic carbocycles. The van der Waals surface area contributed by atoms with Gasteiger partial charge in [-0.15, -0.1) is 5.10 Å². The van der Waals surface area contributed by atoms with Crippen molar-refractivity contribution in [3.63, 3.8) is 0 Å². The van der Waals surface area contributed by atoms with Crippen molar-refractivity contribution in [1.82, 2.24) is 15.0 Å². The Balaban J connectivity index is 2.12. The highest BCUT2D eigenvalue weighted by Crippen LogP contribution is 2.22. The summed E-state index contributed by atoms with van der Waals surface area (Å²) in [7, 11) is 0. The number of ether oxygens (including phenoxy) is 1. The van der Waals surface area contributed by atoms with E-state index in [9.17, 15) is 0 Å². The minimum atomic E-state index is -0.135. The molecule has 6 heteroatoms. The van der Waals surface area contributed by atoms with E-state index in [-0.39, 0.29) is 6.04 Å². The highest BCUT2D eigenvalue weighted by atomic mass is 32.1. The van der Waals surface area contributed by atoms with E-state index in [2.05, 4.69) is 21.9 Å². The molecule has 1 unspecified atom stereocenters. The van der Waals surface area contributed by atoms with Gasteiger partial charge in [-0.25, -0.2) is 5.43 Å². The van der Waals surface area contributed by atoms with E-state index in [4.69, 9.17) is 10.6 Å². The van der Waals surface area contributed by atoms with Crippen LogP contribution in [-0.2, 0) is 0 Å². The van der Waals surface area contributed by atoms with Gasteiger partial charge in [-0.1, -0.05) is 23.5 Å². The molecule has 0 spiro atoms. The van der Waals surface area contributed by atoms with Crippen molar-refractivity contribution >= 4 is 11.5 Å². The second kappa shape index (κ2) is 6.44. The van der Waals surface area contributed by atoms with Crippen molar-refractivity contribution in [1.29, 1.82) is 0 Å². The fraction of sp³-hybridized carbons (Fsp3) is 0.333. The van der Waals surface area contributed by atoms with E-state index in [1.165, 1.54) is 11.5 Å². The summed E-state index contributed by atoms with van der Waals surface area (Å²) in [6.45, 7) is 2.81. The highest BCUT2D eigenvalue weighted by molar-refractivity contribution is 7.03. The van der Waals surface area contributed by atoms with Gasteiger partial charge in [-0.2, -0.15) is 0 Å². The first-order valence-corrected chi connectivity index (χ1v) is 6.64. The van der Waals surface area contributed by atoms with Crippen LogP contribution in [0.1, 0.15) is 30.6 Å². The summed E-state index contributed by atoms with van der Waals surface area (Å²) in [6, 6.07) is 7.71. The molecule has 0 saturated heterocycles. The fourth-order valence-corrected chi connectivity index (χ4v) is 2.11. The normalized spacial score (nSPS) is 12.3. The molecule has 5 nitrogen and oxygen atoms in total. The van der Waals surface area contributed by atoms with E-state index in [1.807, 2.05) is 29.6 Å². The highest BCUT2D eigenvalue weighted by Gasteiger charge is 2.14. The third-order valence-electron chi connectivity index (χ3n) is 2.53. The molecule has 3 N–H and O–H groups in total. The average molecular weight is 264 g/mol. The van der Waals surface area contributed by atoms with Gasteiger partial charge in [-0.3, -0.25) is 5.84 Å². The second-order valence-electron chi connectivity index (χ2n) is 3.85. The fourth-order valence-electron chi connectivity index (χ4n) is 1.63. The molecule has 1 aromatic heterocycles. The second-order valence-corrected chi connectivity index (χ2v) is 4.46. The lowest BCUT2D eigenvalue weighted by Gasteiger charge is -2.14. The Hall–Kier alpha value is -1.50. The van der Waals surface area contributed by atoms with Crippen LogP contribution < -0.4 is 16.0 Å². The molecule has 0 saturated carbocycles. The van der Waals surface area contributed by atoms with Crippen LogP contribution in [0.5, 0.6) is 5.75 Å². The van der Waals surface area contributed by atoms with E-state index in [1.54, 1.807) is 0 Å². The molecule has 0 bridgehead atoms. The molecule has 0 fully saturated rings. The monoisotopic (exact) mass is 264 g/mol. The number of hydrogen-bond donors (Lipinski definition) is 2. The number of hydrogen-bond acceptors (Lipinski definition) is 6. The van der Waals surface area contributed by atoms with Crippen LogP contribution >= 0.6 is 11.5 Å². The zero-order valence-corrected chi connectivity index (χ0v) is 11.0. The van der Waals surface area contributed by atoms with Gasteiger partial charge >= 0.3 is 0 Å². The van der Waals surface area contributed by atoms with Crippen LogP contribution in [-0.4, -0.2) is 16.2 Å². The molecule has 1 atom stereocenters. The van der Waals surface area contributed by atoms with Crippen LogP contribution in [0.15, 0.2) is 29.6 Å². The summed E-state index contributed by atoms with van der Waals surface area (Å²) in [5, 5.41) is 5.91. The summed E-state index contributed by atoms with van der Waals surface area (Å²) in [6.07, 6.45) is 0.999. The minimum Gasteiger partial charge on any atom is -0.494 e. The topological polar surface area (TPSA) is 73.1 Å².